The van der Waals surface area contributed by atoms with E-state index in [0.29, 0.717) is 25.1 Å². The predicted molar refractivity (Wildman–Crippen MR) is 86.7 cm³/mol. The molecule has 2 aromatic carbocycles. The number of carbonyl (C=O) groups is 1. The highest BCUT2D eigenvalue weighted by Gasteiger charge is 2.31. The van der Waals surface area contributed by atoms with E-state index >= 15 is 0 Å². The topological polar surface area (TPSA) is 48.0 Å². The van der Waals surface area contributed by atoms with E-state index in [0.717, 1.165) is 17.7 Å². The number of nitrogens with zero attached hydrogens (tertiary/aromatic N) is 1. The molecule has 0 atom stereocenters. The van der Waals surface area contributed by atoms with Crippen molar-refractivity contribution in [1.29, 1.82) is 0 Å². The second-order valence-electron chi connectivity index (χ2n) is 5.53. The summed E-state index contributed by atoms with van der Waals surface area (Å²) in [5.74, 6) is -0.305. The molecule has 0 bridgehead atoms. The maximum Gasteiger partial charge on any atom is 0.416 e. The quantitative estimate of drug-likeness (QED) is 0.894. The van der Waals surface area contributed by atoms with Gasteiger partial charge in [-0.3, -0.25) is 4.79 Å². The standard InChI is InChI=1S/C18H19F3N2O/c1-13-6-2-3-9-16(13)17(24)23(11-5-10-22)15-8-4-7-14(12-15)18(19,20)21/h2-4,6-9,12H,5,10-11,22H2,1H3/p+1. The fourth-order valence-corrected chi connectivity index (χ4v) is 2.43. The molecule has 24 heavy (non-hydrogen) atoms. The summed E-state index contributed by atoms with van der Waals surface area (Å²) in [6.45, 7) is 2.72. The van der Waals surface area contributed by atoms with Crippen LogP contribution in [0.4, 0.5) is 18.9 Å². The number of hydrogen-bond donors (Lipinski definition) is 1. The van der Waals surface area contributed by atoms with E-state index in [-0.39, 0.29) is 11.6 Å². The lowest BCUT2D eigenvalue weighted by molar-refractivity contribution is -0.367. The molecule has 0 saturated carbocycles. The molecular formula is C18H20F3N2O+. The molecule has 0 fully saturated rings. The minimum Gasteiger partial charge on any atom is -0.358 e. The van der Waals surface area contributed by atoms with Crippen LogP contribution >= 0.6 is 0 Å². The number of rotatable bonds is 5. The minimum absolute atomic E-state index is 0.242. The molecule has 0 aromatic heterocycles. The SMILES string of the molecule is Cc1ccccc1C(=O)N(CCC[NH3+])c1cccc(C(F)(F)F)c1. The number of quaternary nitrogens is 1. The van der Waals surface area contributed by atoms with Crippen molar-refractivity contribution >= 4 is 11.6 Å². The van der Waals surface area contributed by atoms with Crippen LogP contribution in [0, 0.1) is 6.92 Å². The third-order valence-electron chi connectivity index (χ3n) is 3.74. The van der Waals surface area contributed by atoms with Gasteiger partial charge in [0.15, 0.2) is 0 Å². The fourth-order valence-electron chi connectivity index (χ4n) is 2.43. The lowest BCUT2D eigenvalue weighted by atomic mass is 10.1. The van der Waals surface area contributed by atoms with Crippen molar-refractivity contribution in [1.82, 2.24) is 0 Å². The Hall–Kier alpha value is -2.34. The van der Waals surface area contributed by atoms with Gasteiger partial charge in [0.1, 0.15) is 0 Å². The monoisotopic (exact) mass is 337 g/mol. The fraction of sp³-hybridized carbons (Fsp3) is 0.278. The molecular weight excluding hydrogens is 317 g/mol. The first-order valence-corrected chi connectivity index (χ1v) is 7.68. The molecule has 1 amide bonds. The van der Waals surface area contributed by atoms with E-state index in [1.807, 2.05) is 6.07 Å². The van der Waals surface area contributed by atoms with E-state index in [4.69, 9.17) is 0 Å². The van der Waals surface area contributed by atoms with Crippen LogP contribution in [0.2, 0.25) is 0 Å². The number of halogens is 3. The largest absolute Gasteiger partial charge is 0.416 e. The molecule has 0 aliphatic carbocycles. The summed E-state index contributed by atoms with van der Waals surface area (Å²) in [7, 11) is 0. The van der Waals surface area contributed by atoms with E-state index < -0.39 is 11.7 Å². The second kappa shape index (κ2) is 7.49. The number of amides is 1. The molecule has 0 aliphatic heterocycles. The Balaban J connectivity index is 2.42. The highest BCUT2D eigenvalue weighted by molar-refractivity contribution is 6.07. The third kappa shape index (κ3) is 4.14. The normalized spacial score (nSPS) is 11.4. The van der Waals surface area contributed by atoms with Crippen LogP contribution in [-0.4, -0.2) is 19.0 Å². The summed E-state index contributed by atoms with van der Waals surface area (Å²) in [6.07, 6.45) is -3.84. The molecule has 0 radical (unpaired) electrons. The zero-order valence-corrected chi connectivity index (χ0v) is 13.4. The van der Waals surface area contributed by atoms with Crippen molar-refractivity contribution < 1.29 is 23.7 Å². The van der Waals surface area contributed by atoms with Crippen molar-refractivity contribution in [2.45, 2.75) is 19.5 Å². The molecule has 3 nitrogen and oxygen atoms in total. The zero-order chi connectivity index (χ0) is 17.7. The van der Waals surface area contributed by atoms with Gasteiger partial charge in [-0.15, -0.1) is 0 Å². The van der Waals surface area contributed by atoms with Gasteiger partial charge in [0.25, 0.3) is 5.91 Å². The van der Waals surface area contributed by atoms with Crippen molar-refractivity contribution in [3.8, 4) is 0 Å². The molecule has 3 N–H and O–H groups in total. The predicted octanol–water partition coefficient (Wildman–Crippen LogP) is 3.29. The average Bonchev–Trinajstić information content (AvgIpc) is 2.55. The molecule has 6 heteroatoms. The van der Waals surface area contributed by atoms with Crippen LogP contribution in [0.5, 0.6) is 0 Å². The summed E-state index contributed by atoms with van der Waals surface area (Å²) in [4.78, 5) is 14.2. The van der Waals surface area contributed by atoms with Gasteiger partial charge in [0, 0.05) is 24.2 Å². The maximum atomic E-state index is 13.0. The van der Waals surface area contributed by atoms with Crippen molar-refractivity contribution in [2.75, 3.05) is 18.0 Å². The van der Waals surface area contributed by atoms with Crippen LogP contribution in [-0.2, 0) is 6.18 Å². The molecule has 2 aromatic rings. The summed E-state index contributed by atoms with van der Waals surface area (Å²) in [5.41, 5.74) is 4.49. The molecule has 128 valence electrons. The number of carbonyl (C=O) groups excluding carboxylic acids is 1. The minimum atomic E-state index is -4.44. The lowest BCUT2D eigenvalue weighted by Crippen LogP contribution is -2.51. The van der Waals surface area contributed by atoms with Gasteiger partial charge in [0.05, 0.1) is 12.1 Å². The molecule has 0 unspecified atom stereocenters. The van der Waals surface area contributed by atoms with Crippen molar-refractivity contribution in [3.63, 3.8) is 0 Å². The number of anilines is 1. The second-order valence-corrected chi connectivity index (χ2v) is 5.53. The number of alkyl halides is 3. The number of benzene rings is 2. The smallest absolute Gasteiger partial charge is 0.358 e. The van der Waals surface area contributed by atoms with Crippen LogP contribution in [0.3, 0.4) is 0 Å². The summed E-state index contributed by atoms with van der Waals surface area (Å²) in [6, 6.07) is 11.9. The van der Waals surface area contributed by atoms with E-state index in [1.165, 1.54) is 17.0 Å². The van der Waals surface area contributed by atoms with Crippen LogP contribution in [0.1, 0.15) is 27.9 Å². The first kappa shape index (κ1) is 18.0. The number of hydrogen-bond acceptors (Lipinski definition) is 1. The average molecular weight is 337 g/mol. The Bertz CT molecular complexity index is 713. The maximum absolute atomic E-state index is 13.0. The van der Waals surface area contributed by atoms with Gasteiger partial charge in [-0.25, -0.2) is 0 Å². The molecule has 0 heterocycles. The molecule has 2 rings (SSSR count). The Kier molecular flexibility index (Phi) is 5.62. The van der Waals surface area contributed by atoms with Crippen molar-refractivity contribution in [3.05, 3.63) is 65.2 Å². The molecule has 0 saturated heterocycles. The first-order chi connectivity index (χ1) is 11.3. The van der Waals surface area contributed by atoms with Crippen LogP contribution in [0.25, 0.3) is 0 Å². The summed E-state index contributed by atoms with van der Waals surface area (Å²) in [5, 5.41) is 0. The Morgan fingerprint density at radius 3 is 2.46 bits per heavy atom. The highest BCUT2D eigenvalue weighted by atomic mass is 19.4. The van der Waals surface area contributed by atoms with Gasteiger partial charge >= 0.3 is 6.18 Å². The summed E-state index contributed by atoms with van der Waals surface area (Å²) >= 11 is 0. The highest BCUT2D eigenvalue weighted by Crippen LogP contribution is 2.32. The van der Waals surface area contributed by atoms with E-state index in [9.17, 15) is 18.0 Å². The lowest BCUT2D eigenvalue weighted by Gasteiger charge is -2.24. The molecule has 0 aliphatic rings. The third-order valence-corrected chi connectivity index (χ3v) is 3.74. The van der Waals surface area contributed by atoms with E-state index in [2.05, 4.69) is 5.73 Å². The van der Waals surface area contributed by atoms with Gasteiger partial charge in [-0.05, 0) is 36.8 Å². The van der Waals surface area contributed by atoms with Gasteiger partial charge in [-0.2, -0.15) is 13.2 Å². The molecule has 0 spiro atoms. The van der Waals surface area contributed by atoms with Gasteiger partial charge in [-0.1, -0.05) is 24.3 Å². The van der Waals surface area contributed by atoms with Gasteiger partial charge < -0.3 is 10.6 Å². The Morgan fingerprint density at radius 2 is 1.83 bits per heavy atom. The Labute approximate surface area is 138 Å². The Morgan fingerprint density at radius 1 is 1.12 bits per heavy atom. The summed E-state index contributed by atoms with van der Waals surface area (Å²) < 4.78 is 38.9. The van der Waals surface area contributed by atoms with E-state index in [1.54, 1.807) is 25.1 Å². The van der Waals surface area contributed by atoms with Crippen LogP contribution in [0.15, 0.2) is 48.5 Å². The van der Waals surface area contributed by atoms with Crippen molar-refractivity contribution in [2.24, 2.45) is 0 Å². The number of aryl methyl sites for hydroxylation is 1. The zero-order valence-electron chi connectivity index (χ0n) is 13.4. The first-order valence-electron chi connectivity index (χ1n) is 7.68. The van der Waals surface area contributed by atoms with Gasteiger partial charge in [0.2, 0.25) is 0 Å². The van der Waals surface area contributed by atoms with Crippen LogP contribution < -0.4 is 10.6 Å².